The van der Waals surface area contributed by atoms with Gasteiger partial charge in [-0.1, -0.05) is 0 Å². The van der Waals surface area contributed by atoms with Crippen molar-refractivity contribution in [2.24, 2.45) is 0 Å². The van der Waals surface area contributed by atoms with Crippen molar-refractivity contribution < 1.29 is 8.42 Å². The third-order valence-corrected chi connectivity index (χ3v) is 5.30. The molecule has 2 rings (SSSR count). The van der Waals surface area contributed by atoms with E-state index in [4.69, 9.17) is 0 Å². The topological polar surface area (TPSA) is 62.3 Å². The summed E-state index contributed by atoms with van der Waals surface area (Å²) in [6.45, 7) is 8.46. The van der Waals surface area contributed by atoms with E-state index in [1.165, 1.54) is 0 Å². The van der Waals surface area contributed by atoms with Gasteiger partial charge in [-0.25, -0.2) is 8.42 Å². The SMILES string of the molecule is CC(C)(C)NCc1cnccc1N1CCCS(=O)(=O)CC1. The van der Waals surface area contributed by atoms with E-state index in [1.807, 2.05) is 12.3 Å². The van der Waals surface area contributed by atoms with Crippen LogP contribution in [0, 0.1) is 0 Å². The molecule has 0 unspecified atom stereocenters. The van der Waals surface area contributed by atoms with Crippen molar-refractivity contribution in [1.29, 1.82) is 0 Å². The summed E-state index contributed by atoms with van der Waals surface area (Å²) in [6.07, 6.45) is 4.33. The molecule has 1 fully saturated rings. The summed E-state index contributed by atoms with van der Waals surface area (Å²) in [5.74, 6) is 0.533. The minimum atomic E-state index is -2.88. The lowest BCUT2D eigenvalue weighted by molar-refractivity contribution is 0.424. The van der Waals surface area contributed by atoms with E-state index >= 15 is 0 Å². The number of pyridine rings is 1. The fraction of sp³-hybridized carbons (Fsp3) is 0.667. The van der Waals surface area contributed by atoms with E-state index in [2.05, 4.69) is 36.0 Å². The van der Waals surface area contributed by atoms with E-state index < -0.39 is 9.84 Å². The van der Waals surface area contributed by atoms with Crippen LogP contribution in [-0.4, -0.2) is 43.5 Å². The van der Waals surface area contributed by atoms with E-state index in [-0.39, 0.29) is 11.3 Å². The zero-order valence-electron chi connectivity index (χ0n) is 13.1. The maximum absolute atomic E-state index is 11.7. The second-order valence-electron chi connectivity index (χ2n) is 6.60. The van der Waals surface area contributed by atoms with Gasteiger partial charge in [0, 0.05) is 48.8 Å². The number of sulfone groups is 1. The van der Waals surface area contributed by atoms with Gasteiger partial charge in [-0.05, 0) is 33.3 Å². The van der Waals surface area contributed by atoms with Crippen LogP contribution in [0.3, 0.4) is 0 Å². The van der Waals surface area contributed by atoms with Crippen molar-refractivity contribution in [3.8, 4) is 0 Å². The lowest BCUT2D eigenvalue weighted by atomic mass is 10.1. The lowest BCUT2D eigenvalue weighted by Gasteiger charge is -2.27. The van der Waals surface area contributed by atoms with Crippen LogP contribution in [0.1, 0.15) is 32.8 Å². The number of hydrogen-bond donors (Lipinski definition) is 1. The number of aromatic nitrogens is 1. The van der Waals surface area contributed by atoms with Gasteiger partial charge in [-0.3, -0.25) is 4.98 Å². The van der Waals surface area contributed by atoms with Crippen molar-refractivity contribution in [3.63, 3.8) is 0 Å². The molecular weight excluding hydrogens is 286 g/mol. The highest BCUT2D eigenvalue weighted by atomic mass is 32.2. The number of hydrogen-bond acceptors (Lipinski definition) is 5. The van der Waals surface area contributed by atoms with Gasteiger partial charge in [0.15, 0.2) is 9.84 Å². The number of nitrogens with one attached hydrogen (secondary N) is 1. The minimum Gasteiger partial charge on any atom is -0.370 e. The largest absolute Gasteiger partial charge is 0.370 e. The van der Waals surface area contributed by atoms with Gasteiger partial charge < -0.3 is 10.2 Å². The third-order valence-electron chi connectivity index (χ3n) is 3.58. The predicted molar refractivity (Wildman–Crippen MR) is 86.3 cm³/mol. The third kappa shape index (κ3) is 4.97. The monoisotopic (exact) mass is 311 g/mol. The van der Waals surface area contributed by atoms with E-state index in [1.54, 1.807) is 6.20 Å². The molecule has 0 amide bonds. The molecule has 0 radical (unpaired) electrons. The van der Waals surface area contributed by atoms with Crippen LogP contribution in [0.25, 0.3) is 0 Å². The summed E-state index contributed by atoms with van der Waals surface area (Å²) < 4.78 is 23.5. The molecule has 1 aromatic rings. The fourth-order valence-corrected chi connectivity index (χ4v) is 3.68. The van der Waals surface area contributed by atoms with Crippen LogP contribution in [0.15, 0.2) is 18.5 Å². The van der Waals surface area contributed by atoms with Gasteiger partial charge in [-0.2, -0.15) is 0 Å². The molecule has 0 aliphatic carbocycles. The van der Waals surface area contributed by atoms with Crippen molar-refractivity contribution in [2.75, 3.05) is 29.5 Å². The molecule has 1 N–H and O–H groups in total. The molecule has 1 aliphatic heterocycles. The van der Waals surface area contributed by atoms with Crippen LogP contribution in [0.2, 0.25) is 0 Å². The lowest BCUT2D eigenvalue weighted by Crippen LogP contribution is -2.36. The Bertz CT molecular complexity index is 579. The summed E-state index contributed by atoms with van der Waals surface area (Å²) in [7, 11) is -2.88. The quantitative estimate of drug-likeness (QED) is 0.918. The molecule has 1 aromatic heterocycles. The molecule has 2 heterocycles. The molecule has 21 heavy (non-hydrogen) atoms. The first-order chi connectivity index (χ1) is 9.77. The average molecular weight is 311 g/mol. The first-order valence-electron chi connectivity index (χ1n) is 7.40. The molecule has 6 heteroatoms. The highest BCUT2D eigenvalue weighted by molar-refractivity contribution is 7.91. The smallest absolute Gasteiger partial charge is 0.152 e. The molecule has 118 valence electrons. The van der Waals surface area contributed by atoms with Crippen LogP contribution < -0.4 is 10.2 Å². The first-order valence-corrected chi connectivity index (χ1v) is 9.22. The summed E-state index contributed by atoms with van der Waals surface area (Å²) in [4.78, 5) is 6.38. The van der Waals surface area contributed by atoms with Gasteiger partial charge in [-0.15, -0.1) is 0 Å². The highest BCUT2D eigenvalue weighted by Gasteiger charge is 2.21. The van der Waals surface area contributed by atoms with Gasteiger partial charge in [0.05, 0.1) is 11.5 Å². The number of rotatable bonds is 3. The first kappa shape index (κ1) is 16.2. The molecule has 0 spiro atoms. The van der Waals surface area contributed by atoms with Crippen LogP contribution >= 0.6 is 0 Å². The van der Waals surface area contributed by atoms with Crippen LogP contribution in [-0.2, 0) is 16.4 Å². The van der Waals surface area contributed by atoms with E-state index in [0.29, 0.717) is 18.7 Å². The number of nitrogens with zero attached hydrogens (tertiary/aromatic N) is 2. The molecule has 0 aromatic carbocycles. The standard InChI is InChI=1S/C15H25N3O2S/c1-15(2,3)17-12-13-11-16-6-5-14(13)18-7-4-9-21(19,20)10-8-18/h5-6,11,17H,4,7-10,12H2,1-3H3. The zero-order chi connectivity index (χ0) is 15.5. The Balaban J connectivity index is 2.15. The minimum absolute atomic E-state index is 0.0369. The van der Waals surface area contributed by atoms with E-state index in [9.17, 15) is 8.42 Å². The predicted octanol–water partition coefficient (Wildman–Crippen LogP) is 1.59. The Labute approximate surface area is 127 Å². The summed E-state index contributed by atoms with van der Waals surface area (Å²) in [5, 5.41) is 3.46. The number of anilines is 1. The molecule has 1 aliphatic rings. The van der Waals surface area contributed by atoms with Gasteiger partial charge >= 0.3 is 0 Å². The molecule has 0 bridgehead atoms. The average Bonchev–Trinajstić information content (AvgIpc) is 2.57. The Kier molecular flexibility index (Phi) is 4.88. The fourth-order valence-electron chi connectivity index (χ4n) is 2.40. The molecular formula is C15H25N3O2S. The zero-order valence-corrected chi connectivity index (χ0v) is 13.9. The molecule has 0 atom stereocenters. The normalized spacial score (nSPS) is 19.3. The molecule has 1 saturated heterocycles. The van der Waals surface area contributed by atoms with Gasteiger partial charge in [0.25, 0.3) is 0 Å². The maximum Gasteiger partial charge on any atom is 0.152 e. The summed E-state index contributed by atoms with van der Waals surface area (Å²) in [5.41, 5.74) is 2.25. The second-order valence-corrected chi connectivity index (χ2v) is 8.90. The van der Waals surface area contributed by atoms with Crippen molar-refractivity contribution >= 4 is 15.5 Å². The van der Waals surface area contributed by atoms with Crippen LogP contribution in [0.5, 0.6) is 0 Å². The van der Waals surface area contributed by atoms with Gasteiger partial charge in [0.2, 0.25) is 0 Å². The van der Waals surface area contributed by atoms with Gasteiger partial charge in [0.1, 0.15) is 0 Å². The summed E-state index contributed by atoms with van der Waals surface area (Å²) in [6, 6.07) is 1.98. The summed E-state index contributed by atoms with van der Waals surface area (Å²) >= 11 is 0. The van der Waals surface area contributed by atoms with Crippen molar-refractivity contribution in [2.45, 2.75) is 39.3 Å². The second kappa shape index (κ2) is 6.32. The Morgan fingerprint density at radius 1 is 1.29 bits per heavy atom. The molecule has 0 saturated carbocycles. The van der Waals surface area contributed by atoms with Crippen LogP contribution in [0.4, 0.5) is 5.69 Å². The highest BCUT2D eigenvalue weighted by Crippen LogP contribution is 2.22. The Morgan fingerprint density at radius 3 is 2.76 bits per heavy atom. The Hall–Kier alpha value is -1.14. The maximum atomic E-state index is 11.7. The molecule has 5 nitrogen and oxygen atoms in total. The van der Waals surface area contributed by atoms with E-state index in [0.717, 1.165) is 24.3 Å². The van der Waals surface area contributed by atoms with Crippen molar-refractivity contribution in [1.82, 2.24) is 10.3 Å². The van der Waals surface area contributed by atoms with Crippen molar-refractivity contribution in [3.05, 3.63) is 24.0 Å². The Morgan fingerprint density at radius 2 is 2.05 bits per heavy atom.